The highest BCUT2D eigenvalue weighted by Crippen LogP contribution is 2.59. The van der Waals surface area contributed by atoms with Crippen molar-refractivity contribution in [3.63, 3.8) is 0 Å². The average molecular weight is 893 g/mol. The molecule has 0 atom stereocenters. The molecular formula is C44H36F12N6O. The SMILES string of the molecule is Cc1ccc(C(c2ccc(C)c(Nc3cc(N)cc(C(c4cccc(Nc5cc(Oc6cccc(N)c6)ccc5N)c4)(C(F)(F)F)C(F)(F)F)c3)c2)(C(F)(F)F)C(F)(F)F)cc1N. The highest BCUT2D eigenvalue weighted by molar-refractivity contribution is 5.75. The molecule has 6 rings (SSSR count). The molecule has 0 radical (unpaired) electrons. The second-order valence-electron chi connectivity index (χ2n) is 14.7. The number of nitrogens with two attached hydrogens (primary N) is 4. The highest BCUT2D eigenvalue weighted by Gasteiger charge is 2.74. The van der Waals surface area contributed by atoms with Crippen molar-refractivity contribution in [1.29, 1.82) is 0 Å². The number of alkyl halides is 12. The third-order valence-electron chi connectivity index (χ3n) is 10.4. The largest absolute Gasteiger partial charge is 0.457 e. The van der Waals surface area contributed by atoms with Gasteiger partial charge in [-0.25, -0.2) is 0 Å². The first-order chi connectivity index (χ1) is 29.2. The molecule has 0 saturated carbocycles. The van der Waals surface area contributed by atoms with Crippen molar-refractivity contribution >= 4 is 45.5 Å². The van der Waals surface area contributed by atoms with Crippen molar-refractivity contribution in [2.75, 3.05) is 33.6 Å². The molecule has 332 valence electrons. The van der Waals surface area contributed by atoms with Crippen LogP contribution in [0.2, 0.25) is 0 Å². The van der Waals surface area contributed by atoms with E-state index in [1.807, 2.05) is 0 Å². The van der Waals surface area contributed by atoms with Crippen LogP contribution in [0.25, 0.3) is 0 Å². The second-order valence-corrected chi connectivity index (χ2v) is 14.7. The molecule has 7 nitrogen and oxygen atoms in total. The molecule has 0 saturated heterocycles. The molecular weight excluding hydrogens is 857 g/mol. The number of hydrogen-bond donors (Lipinski definition) is 6. The fourth-order valence-corrected chi connectivity index (χ4v) is 7.33. The van der Waals surface area contributed by atoms with Gasteiger partial charge in [0.25, 0.3) is 0 Å². The first-order valence-corrected chi connectivity index (χ1v) is 18.4. The van der Waals surface area contributed by atoms with E-state index in [1.165, 1.54) is 44.2 Å². The Morgan fingerprint density at radius 1 is 0.397 bits per heavy atom. The van der Waals surface area contributed by atoms with Gasteiger partial charge in [0.2, 0.25) is 10.8 Å². The number of nitrogens with one attached hydrogen (secondary N) is 2. The smallest absolute Gasteiger partial charge is 0.411 e. The van der Waals surface area contributed by atoms with Crippen molar-refractivity contribution in [2.45, 2.75) is 49.4 Å². The Kier molecular flexibility index (Phi) is 11.6. The summed E-state index contributed by atoms with van der Waals surface area (Å²) in [5.74, 6) is 0.492. The summed E-state index contributed by atoms with van der Waals surface area (Å²) in [5.41, 5.74) is 6.68. The van der Waals surface area contributed by atoms with E-state index in [0.29, 0.717) is 60.0 Å². The number of anilines is 8. The Morgan fingerprint density at radius 3 is 1.52 bits per heavy atom. The number of hydrogen-bond acceptors (Lipinski definition) is 7. The Hall–Kier alpha value is -6.92. The number of ether oxygens (including phenoxy) is 1. The first-order valence-electron chi connectivity index (χ1n) is 18.4. The summed E-state index contributed by atoms with van der Waals surface area (Å²) in [6, 6.07) is 19.6. The number of benzene rings is 6. The van der Waals surface area contributed by atoms with Crippen molar-refractivity contribution < 1.29 is 57.4 Å². The molecule has 0 fully saturated rings. The number of rotatable bonds is 10. The zero-order valence-electron chi connectivity index (χ0n) is 32.8. The van der Waals surface area contributed by atoms with Gasteiger partial charge in [0.05, 0.1) is 11.4 Å². The van der Waals surface area contributed by atoms with E-state index in [4.69, 9.17) is 27.7 Å². The van der Waals surface area contributed by atoms with Gasteiger partial charge in [-0.3, -0.25) is 0 Å². The van der Waals surface area contributed by atoms with Crippen LogP contribution in [0.3, 0.4) is 0 Å². The maximum absolute atomic E-state index is 15.5. The number of nitrogen functional groups attached to an aromatic ring is 4. The maximum atomic E-state index is 15.5. The van der Waals surface area contributed by atoms with Crippen LogP contribution in [0, 0.1) is 13.8 Å². The molecule has 19 heteroatoms. The van der Waals surface area contributed by atoms with Crippen molar-refractivity contribution in [2.24, 2.45) is 0 Å². The summed E-state index contributed by atoms with van der Waals surface area (Å²) >= 11 is 0. The molecule has 10 N–H and O–H groups in total. The van der Waals surface area contributed by atoms with Crippen molar-refractivity contribution in [1.82, 2.24) is 0 Å². The van der Waals surface area contributed by atoms with Crippen LogP contribution in [0.1, 0.15) is 33.4 Å². The minimum Gasteiger partial charge on any atom is -0.457 e. The molecule has 6 aromatic carbocycles. The molecule has 0 unspecified atom stereocenters. The fraction of sp³-hybridized carbons (Fsp3) is 0.182. The van der Waals surface area contributed by atoms with E-state index < -0.39 is 74.9 Å². The van der Waals surface area contributed by atoms with Crippen LogP contribution in [-0.4, -0.2) is 24.7 Å². The summed E-state index contributed by atoms with van der Waals surface area (Å²) in [5, 5.41) is 5.15. The lowest BCUT2D eigenvalue weighted by atomic mass is 9.72. The molecule has 0 amide bonds. The third kappa shape index (κ3) is 8.38. The summed E-state index contributed by atoms with van der Waals surface area (Å²) in [4.78, 5) is 0. The molecule has 0 aliphatic heterocycles. The summed E-state index contributed by atoms with van der Waals surface area (Å²) in [7, 11) is 0. The van der Waals surface area contributed by atoms with Gasteiger partial charge < -0.3 is 38.3 Å². The number of aryl methyl sites for hydroxylation is 2. The van der Waals surface area contributed by atoms with E-state index in [-0.39, 0.29) is 39.6 Å². The number of halogens is 12. The van der Waals surface area contributed by atoms with Gasteiger partial charge in [-0.1, -0.05) is 42.5 Å². The normalized spacial score (nSPS) is 12.9. The van der Waals surface area contributed by atoms with Gasteiger partial charge in [0, 0.05) is 46.3 Å². The highest BCUT2D eigenvalue weighted by atomic mass is 19.4. The van der Waals surface area contributed by atoms with Gasteiger partial charge in [0.1, 0.15) is 11.5 Å². The van der Waals surface area contributed by atoms with Gasteiger partial charge >= 0.3 is 24.7 Å². The van der Waals surface area contributed by atoms with Crippen LogP contribution in [-0.2, 0) is 10.8 Å². The van der Waals surface area contributed by atoms with Gasteiger partial charge in [-0.2, -0.15) is 52.7 Å². The van der Waals surface area contributed by atoms with Crippen molar-refractivity contribution in [3.8, 4) is 11.5 Å². The lowest BCUT2D eigenvalue weighted by Crippen LogP contribution is -2.54. The second kappa shape index (κ2) is 16.1. The van der Waals surface area contributed by atoms with Gasteiger partial charge in [-0.15, -0.1) is 0 Å². The Balaban J connectivity index is 1.46. The zero-order valence-corrected chi connectivity index (χ0v) is 32.8. The Labute approximate surface area is 351 Å². The quantitative estimate of drug-likeness (QED) is 0.0595. The third-order valence-corrected chi connectivity index (χ3v) is 10.4. The van der Waals surface area contributed by atoms with Crippen LogP contribution in [0.15, 0.2) is 121 Å². The van der Waals surface area contributed by atoms with Crippen LogP contribution in [0.4, 0.5) is 98.2 Å². The minimum absolute atomic E-state index is 0.0369. The molecule has 0 aliphatic rings. The Morgan fingerprint density at radius 2 is 0.921 bits per heavy atom. The maximum Gasteiger partial charge on any atom is 0.411 e. The topological polar surface area (TPSA) is 137 Å². The Bertz CT molecular complexity index is 2630. The van der Waals surface area contributed by atoms with E-state index in [1.54, 1.807) is 18.2 Å². The molecule has 0 heterocycles. The predicted molar refractivity (Wildman–Crippen MR) is 218 cm³/mol. The summed E-state index contributed by atoms with van der Waals surface area (Å²) < 4.78 is 189. The fourth-order valence-electron chi connectivity index (χ4n) is 7.33. The van der Waals surface area contributed by atoms with Crippen LogP contribution >= 0.6 is 0 Å². The molecule has 0 aliphatic carbocycles. The monoisotopic (exact) mass is 892 g/mol. The van der Waals surface area contributed by atoms with E-state index in [2.05, 4.69) is 10.6 Å². The first kappa shape index (κ1) is 45.6. The minimum atomic E-state index is -6.15. The lowest BCUT2D eigenvalue weighted by molar-refractivity contribution is -0.290. The molecule has 0 bridgehead atoms. The summed E-state index contributed by atoms with van der Waals surface area (Å²) in [6.07, 6.45) is -24.4. The summed E-state index contributed by atoms with van der Waals surface area (Å²) in [6.45, 7) is 2.61. The van der Waals surface area contributed by atoms with Crippen LogP contribution < -0.4 is 38.3 Å². The zero-order chi connectivity index (χ0) is 46.5. The molecule has 0 spiro atoms. The predicted octanol–water partition coefficient (Wildman–Crippen LogP) is 12.7. The molecule has 0 aromatic heterocycles. The van der Waals surface area contributed by atoms with E-state index >= 15 is 52.7 Å². The van der Waals surface area contributed by atoms with Gasteiger partial charge in [0.15, 0.2) is 0 Å². The van der Waals surface area contributed by atoms with E-state index in [0.717, 1.165) is 24.3 Å². The standard InChI is InChI=1S/C44H36F12N6O/c1-23-9-11-26(18-36(23)60)39(41(45,46)47,42(48,49)50)27-12-10-24(2)37(19-27)62-32-17-28(15-30(58)20-32)40(43(51,52)53,44(54,55)56)25-5-3-7-31(16-25)61-38-22-34(13-14-35(38)59)63-33-8-4-6-29(57)21-33/h3-22,61-62H,57-60H2,1-2H3. The lowest BCUT2D eigenvalue weighted by Gasteiger charge is -2.39. The van der Waals surface area contributed by atoms with Crippen molar-refractivity contribution in [3.05, 3.63) is 155 Å². The van der Waals surface area contributed by atoms with E-state index in [9.17, 15) is 0 Å². The van der Waals surface area contributed by atoms with Gasteiger partial charge in [-0.05, 0) is 114 Å². The average Bonchev–Trinajstić information content (AvgIpc) is 3.14. The van der Waals surface area contributed by atoms with Crippen LogP contribution in [0.5, 0.6) is 11.5 Å². The molecule has 63 heavy (non-hydrogen) atoms. The molecule has 6 aromatic rings.